The molecule has 2 aromatic rings. The number of alkyl halides is 3. The first kappa shape index (κ1) is 19.1. The molecule has 0 aliphatic rings. The Hall–Kier alpha value is -2.28. The van der Waals surface area contributed by atoms with Crippen molar-refractivity contribution in [2.75, 3.05) is 6.61 Å². The van der Waals surface area contributed by atoms with Crippen LogP contribution in [0, 0.1) is 20.8 Å². The van der Waals surface area contributed by atoms with Crippen molar-refractivity contribution in [1.82, 2.24) is 5.32 Å². The molecule has 136 valence electrons. The molecule has 1 amide bonds. The smallest absolute Gasteiger partial charge is 0.411 e. The lowest BCUT2D eigenvalue weighted by Gasteiger charge is -2.09. The van der Waals surface area contributed by atoms with Crippen LogP contribution in [0.15, 0.2) is 28.7 Å². The summed E-state index contributed by atoms with van der Waals surface area (Å²) in [6.45, 7) is 4.30. The molecule has 0 aliphatic heterocycles. The predicted octanol–water partition coefficient (Wildman–Crippen LogP) is 4.21. The number of halogens is 3. The number of carbonyl (C=O) groups is 1. The Kier molecular flexibility index (Phi) is 5.89. The lowest BCUT2D eigenvalue weighted by molar-refractivity contribution is -0.176. The Morgan fingerprint density at radius 3 is 2.20 bits per heavy atom. The van der Waals surface area contributed by atoms with Gasteiger partial charge in [-0.3, -0.25) is 4.79 Å². The SMILES string of the molecule is Cc1oc(C)c(C(=O)NCc2ccc(COCC(F)(F)F)cc2)c1C. The van der Waals surface area contributed by atoms with Crippen molar-refractivity contribution in [3.63, 3.8) is 0 Å². The molecule has 2 rings (SSSR count). The van der Waals surface area contributed by atoms with Crippen LogP contribution in [0.2, 0.25) is 0 Å². The summed E-state index contributed by atoms with van der Waals surface area (Å²) in [6.07, 6.45) is -4.33. The quantitative estimate of drug-likeness (QED) is 0.844. The minimum atomic E-state index is -4.33. The van der Waals surface area contributed by atoms with Gasteiger partial charge in [-0.2, -0.15) is 13.2 Å². The number of benzene rings is 1. The van der Waals surface area contributed by atoms with Gasteiger partial charge in [0.25, 0.3) is 5.91 Å². The van der Waals surface area contributed by atoms with Crippen molar-refractivity contribution in [2.45, 2.75) is 40.1 Å². The molecule has 1 aromatic carbocycles. The summed E-state index contributed by atoms with van der Waals surface area (Å²) in [7, 11) is 0. The summed E-state index contributed by atoms with van der Waals surface area (Å²) in [5.74, 6) is 1.07. The molecule has 25 heavy (non-hydrogen) atoms. The minimum absolute atomic E-state index is 0.112. The molecule has 0 saturated carbocycles. The molecule has 0 aliphatic carbocycles. The molecule has 0 fully saturated rings. The highest BCUT2D eigenvalue weighted by Gasteiger charge is 2.27. The summed E-state index contributed by atoms with van der Waals surface area (Å²) in [6, 6.07) is 6.84. The molecule has 4 nitrogen and oxygen atoms in total. The highest BCUT2D eigenvalue weighted by molar-refractivity contribution is 5.96. The number of ether oxygens (including phenoxy) is 1. The molecular formula is C18H20F3NO3. The highest BCUT2D eigenvalue weighted by Crippen LogP contribution is 2.20. The zero-order valence-electron chi connectivity index (χ0n) is 14.3. The van der Waals surface area contributed by atoms with E-state index in [-0.39, 0.29) is 12.5 Å². The average molecular weight is 355 g/mol. The largest absolute Gasteiger partial charge is 0.466 e. The van der Waals surface area contributed by atoms with E-state index >= 15 is 0 Å². The van der Waals surface area contributed by atoms with Crippen molar-refractivity contribution in [2.24, 2.45) is 0 Å². The van der Waals surface area contributed by atoms with Gasteiger partial charge in [-0.1, -0.05) is 24.3 Å². The van der Waals surface area contributed by atoms with Crippen LogP contribution in [-0.2, 0) is 17.9 Å². The van der Waals surface area contributed by atoms with Gasteiger partial charge in [-0.05, 0) is 31.9 Å². The van der Waals surface area contributed by atoms with Gasteiger partial charge in [0.15, 0.2) is 0 Å². The van der Waals surface area contributed by atoms with E-state index in [2.05, 4.69) is 10.1 Å². The predicted molar refractivity (Wildman–Crippen MR) is 86.2 cm³/mol. The van der Waals surface area contributed by atoms with E-state index in [9.17, 15) is 18.0 Å². The molecule has 1 N–H and O–H groups in total. The summed E-state index contributed by atoms with van der Waals surface area (Å²) >= 11 is 0. The second kappa shape index (κ2) is 7.74. The number of aryl methyl sites for hydroxylation is 2. The zero-order chi connectivity index (χ0) is 18.6. The number of amides is 1. The van der Waals surface area contributed by atoms with Crippen molar-refractivity contribution < 1.29 is 27.1 Å². The lowest BCUT2D eigenvalue weighted by Crippen LogP contribution is -2.23. The fraction of sp³-hybridized carbons (Fsp3) is 0.389. The van der Waals surface area contributed by atoms with Crippen LogP contribution < -0.4 is 5.32 Å². The average Bonchev–Trinajstić information content (AvgIpc) is 2.78. The third kappa shape index (κ3) is 5.35. The molecule has 0 spiro atoms. The van der Waals surface area contributed by atoms with Crippen LogP contribution >= 0.6 is 0 Å². The van der Waals surface area contributed by atoms with Crippen molar-refractivity contribution in [3.8, 4) is 0 Å². The van der Waals surface area contributed by atoms with E-state index in [1.54, 1.807) is 38.1 Å². The number of hydrogen-bond donors (Lipinski definition) is 1. The number of rotatable bonds is 6. The molecule has 1 heterocycles. The summed E-state index contributed by atoms with van der Waals surface area (Å²) in [5.41, 5.74) is 2.82. The Morgan fingerprint density at radius 1 is 1.08 bits per heavy atom. The van der Waals surface area contributed by atoms with Crippen LogP contribution in [0.5, 0.6) is 0 Å². The van der Waals surface area contributed by atoms with E-state index < -0.39 is 12.8 Å². The van der Waals surface area contributed by atoms with Gasteiger partial charge in [-0.15, -0.1) is 0 Å². The molecule has 7 heteroatoms. The third-order valence-corrected chi connectivity index (χ3v) is 3.80. The molecule has 0 radical (unpaired) electrons. The Morgan fingerprint density at radius 2 is 1.68 bits per heavy atom. The van der Waals surface area contributed by atoms with Crippen LogP contribution in [-0.4, -0.2) is 18.7 Å². The Balaban J connectivity index is 1.88. The monoisotopic (exact) mass is 355 g/mol. The van der Waals surface area contributed by atoms with Gasteiger partial charge in [0.05, 0.1) is 12.2 Å². The molecule has 1 aromatic heterocycles. The Bertz CT molecular complexity index is 733. The number of hydrogen-bond acceptors (Lipinski definition) is 3. The van der Waals surface area contributed by atoms with Crippen LogP contribution in [0.25, 0.3) is 0 Å². The van der Waals surface area contributed by atoms with E-state index in [1.807, 2.05) is 6.92 Å². The fourth-order valence-corrected chi connectivity index (χ4v) is 2.44. The zero-order valence-corrected chi connectivity index (χ0v) is 14.3. The third-order valence-electron chi connectivity index (χ3n) is 3.80. The van der Waals surface area contributed by atoms with Gasteiger partial charge < -0.3 is 14.5 Å². The Labute approximate surface area is 144 Å². The van der Waals surface area contributed by atoms with E-state index in [1.165, 1.54) is 0 Å². The molecule has 0 unspecified atom stereocenters. The minimum Gasteiger partial charge on any atom is -0.466 e. The van der Waals surface area contributed by atoms with Crippen molar-refractivity contribution >= 4 is 5.91 Å². The highest BCUT2D eigenvalue weighted by atomic mass is 19.4. The second-order valence-electron chi connectivity index (χ2n) is 5.82. The second-order valence-corrected chi connectivity index (χ2v) is 5.82. The van der Waals surface area contributed by atoms with Gasteiger partial charge in [0.1, 0.15) is 18.1 Å². The van der Waals surface area contributed by atoms with E-state index in [4.69, 9.17) is 4.42 Å². The van der Waals surface area contributed by atoms with E-state index in [0.29, 0.717) is 29.2 Å². The van der Waals surface area contributed by atoms with Crippen LogP contribution in [0.1, 0.15) is 38.6 Å². The summed E-state index contributed by atoms with van der Waals surface area (Å²) < 4.78 is 46.1. The fourth-order valence-electron chi connectivity index (χ4n) is 2.44. The first-order chi connectivity index (χ1) is 11.7. The molecule has 0 saturated heterocycles. The number of furan rings is 1. The van der Waals surface area contributed by atoms with Gasteiger partial charge in [0.2, 0.25) is 0 Å². The van der Waals surface area contributed by atoms with E-state index in [0.717, 1.165) is 11.1 Å². The maximum Gasteiger partial charge on any atom is 0.411 e. The van der Waals surface area contributed by atoms with Crippen molar-refractivity contribution in [1.29, 1.82) is 0 Å². The maximum atomic E-state index is 12.3. The lowest BCUT2D eigenvalue weighted by atomic mass is 10.1. The number of carbonyl (C=O) groups excluding carboxylic acids is 1. The standard InChI is InChI=1S/C18H20F3NO3/c1-11-12(2)25-13(3)16(11)17(23)22-8-14-4-6-15(7-5-14)9-24-10-18(19,20)21/h4-7H,8-10H2,1-3H3,(H,22,23). The molecule has 0 atom stereocenters. The van der Waals surface area contributed by atoms with Gasteiger partial charge in [-0.25, -0.2) is 0 Å². The summed E-state index contributed by atoms with van der Waals surface area (Å²) in [5, 5.41) is 2.81. The topological polar surface area (TPSA) is 51.5 Å². The van der Waals surface area contributed by atoms with Crippen LogP contribution in [0.4, 0.5) is 13.2 Å². The molecular weight excluding hydrogens is 335 g/mol. The first-order valence-electron chi connectivity index (χ1n) is 7.74. The number of nitrogens with one attached hydrogen (secondary N) is 1. The van der Waals surface area contributed by atoms with Gasteiger partial charge in [0, 0.05) is 12.1 Å². The normalized spacial score (nSPS) is 11.6. The van der Waals surface area contributed by atoms with Crippen LogP contribution in [0.3, 0.4) is 0 Å². The summed E-state index contributed by atoms with van der Waals surface area (Å²) in [4.78, 5) is 12.3. The first-order valence-corrected chi connectivity index (χ1v) is 7.74. The van der Waals surface area contributed by atoms with Gasteiger partial charge >= 0.3 is 6.18 Å². The maximum absolute atomic E-state index is 12.3. The van der Waals surface area contributed by atoms with Crippen molar-refractivity contribution in [3.05, 3.63) is 58.0 Å². The molecule has 0 bridgehead atoms.